The van der Waals surface area contributed by atoms with E-state index >= 15 is 4.57 Å². The predicted molar refractivity (Wildman–Crippen MR) is 294 cm³/mol. The van der Waals surface area contributed by atoms with Crippen molar-refractivity contribution >= 4 is 89.4 Å². The highest BCUT2D eigenvalue weighted by molar-refractivity contribution is 7.48. The number of carbonyl (C=O) groups excluding carboxylic acids is 2. The van der Waals surface area contributed by atoms with Crippen LogP contribution in [0.1, 0.15) is 48.9 Å². The molecule has 3 aromatic carbocycles. The number of phosphoric acid groups is 1. The topological polar surface area (TPSA) is 319 Å². The van der Waals surface area contributed by atoms with Gasteiger partial charge in [0.25, 0.3) is 18.7 Å². The number of aromatic nitrogens is 4. The van der Waals surface area contributed by atoms with Crippen LogP contribution in [0.2, 0.25) is 0 Å². The Balaban J connectivity index is 1.37. The maximum Gasteiger partial charge on any atom is 0.475 e. The molecule has 2 aliphatic heterocycles. The molecule has 0 aliphatic carbocycles. The second-order valence-corrected chi connectivity index (χ2v) is 23.9. The largest absolute Gasteiger partial charge is 0.497 e. The van der Waals surface area contributed by atoms with Gasteiger partial charge in [-0.25, -0.2) is 23.7 Å². The zero-order chi connectivity index (χ0) is 60.3. The molecule has 444 valence electrons. The molecule has 2 aromatic heterocycles. The number of phosphoric ester groups is 1. The lowest BCUT2D eigenvalue weighted by atomic mass is 9.80. The second-order valence-electron chi connectivity index (χ2n) is 17.7. The van der Waals surface area contributed by atoms with E-state index in [0.717, 1.165) is 29.1 Å². The van der Waals surface area contributed by atoms with E-state index in [1.165, 1.54) is 21.1 Å². The van der Waals surface area contributed by atoms with Gasteiger partial charge in [0.1, 0.15) is 41.5 Å². The van der Waals surface area contributed by atoms with Crippen molar-refractivity contribution in [3.8, 4) is 23.6 Å². The highest BCUT2D eigenvalue weighted by atomic mass is 35.6. The van der Waals surface area contributed by atoms with Gasteiger partial charge < -0.3 is 42.6 Å². The molecule has 2 saturated heterocycles. The zero-order valence-electron chi connectivity index (χ0n) is 43.5. The lowest BCUT2D eigenvalue weighted by molar-refractivity contribution is -0.192. The first-order chi connectivity index (χ1) is 39.4. The third kappa shape index (κ3) is 15.9. The fraction of sp³-hybridized carbons (Fsp3) is 0.412. The van der Waals surface area contributed by atoms with Gasteiger partial charge in [0.15, 0.2) is 31.0 Å². The van der Waals surface area contributed by atoms with Crippen LogP contribution in [0.5, 0.6) is 11.5 Å². The van der Waals surface area contributed by atoms with Gasteiger partial charge in [-0.2, -0.15) is 10.5 Å². The summed E-state index contributed by atoms with van der Waals surface area (Å²) in [5.74, 6) is -2.22. The summed E-state index contributed by atoms with van der Waals surface area (Å²) in [6, 6.07) is 28.6. The Labute approximate surface area is 501 Å². The summed E-state index contributed by atoms with van der Waals surface area (Å²) in [4.78, 5) is 82.4. The maximum absolute atomic E-state index is 15.7. The monoisotopic (exact) mass is 1290 g/mol. The van der Waals surface area contributed by atoms with Crippen molar-refractivity contribution in [2.75, 3.05) is 40.6 Å². The van der Waals surface area contributed by atoms with Crippen LogP contribution in [0.15, 0.2) is 123 Å². The van der Waals surface area contributed by atoms with Crippen LogP contribution in [-0.4, -0.2) is 122 Å². The van der Waals surface area contributed by atoms with Gasteiger partial charge in [-0.3, -0.25) is 42.3 Å². The van der Waals surface area contributed by atoms with Gasteiger partial charge in [0.05, 0.1) is 65.6 Å². The van der Waals surface area contributed by atoms with Gasteiger partial charge in [0, 0.05) is 24.5 Å². The normalized spacial score (nSPS) is 21.9. The minimum Gasteiger partial charge on any atom is -0.497 e. The number of ether oxygens (including phenoxy) is 9. The number of esters is 2. The van der Waals surface area contributed by atoms with E-state index in [2.05, 4.69) is 4.98 Å². The minimum absolute atomic E-state index is 0.0917. The Hall–Kier alpha value is -5.81. The number of nitrogens with zero attached hydrogens (tertiary/aromatic N) is 4. The number of carbonyl (C=O) groups is 2. The van der Waals surface area contributed by atoms with Crippen molar-refractivity contribution in [3.05, 3.63) is 162 Å². The van der Waals surface area contributed by atoms with Crippen LogP contribution in [-0.2, 0) is 66.5 Å². The van der Waals surface area contributed by atoms with E-state index in [9.17, 15) is 39.3 Å². The number of hydrogen-bond acceptors (Lipinski definition) is 21. The van der Waals surface area contributed by atoms with Crippen LogP contribution in [0.4, 0.5) is 0 Å². The molecule has 5 aromatic rings. The van der Waals surface area contributed by atoms with Crippen molar-refractivity contribution in [1.82, 2.24) is 19.1 Å². The van der Waals surface area contributed by atoms with Crippen molar-refractivity contribution in [3.63, 3.8) is 0 Å². The number of halogens is 6. The van der Waals surface area contributed by atoms with Gasteiger partial charge >= 0.3 is 31.1 Å². The van der Waals surface area contributed by atoms with Crippen molar-refractivity contribution in [2.45, 2.75) is 88.3 Å². The smallest absolute Gasteiger partial charge is 0.475 e. The van der Waals surface area contributed by atoms with Gasteiger partial charge in [-0.1, -0.05) is 124 Å². The van der Waals surface area contributed by atoms with Crippen LogP contribution in [0.3, 0.4) is 0 Å². The molecule has 2 N–H and O–H groups in total. The maximum atomic E-state index is 15.7. The van der Waals surface area contributed by atoms with Crippen LogP contribution >= 0.6 is 77.4 Å². The Morgan fingerprint density at radius 3 is 1.59 bits per heavy atom. The summed E-state index contributed by atoms with van der Waals surface area (Å²) < 4.78 is 84.0. The first kappa shape index (κ1) is 64.7. The summed E-state index contributed by atoms with van der Waals surface area (Å²) in [7, 11) is -2.38. The molecule has 25 nitrogen and oxygen atoms in total. The average Bonchev–Trinajstić information content (AvgIpc) is 4.18. The molecule has 0 spiro atoms. The van der Waals surface area contributed by atoms with E-state index in [-0.39, 0.29) is 13.0 Å². The lowest BCUT2D eigenvalue weighted by Gasteiger charge is -2.37. The average molecular weight is 1290 g/mol. The second kappa shape index (κ2) is 28.4. The number of alkyl halides is 6. The summed E-state index contributed by atoms with van der Waals surface area (Å²) in [6.45, 7) is -1.08. The molecule has 4 heterocycles. The molecular weight excluding hydrogens is 1240 g/mol. The van der Waals surface area contributed by atoms with Gasteiger partial charge in [0.2, 0.25) is 0 Å². The summed E-state index contributed by atoms with van der Waals surface area (Å²) >= 11 is 35.3. The van der Waals surface area contributed by atoms with Crippen molar-refractivity contribution in [1.29, 1.82) is 10.5 Å². The number of hydrogen-bond donors (Lipinski definition) is 2. The summed E-state index contributed by atoms with van der Waals surface area (Å²) in [5, 5.41) is 19.0. The third-order valence-corrected chi connectivity index (χ3v) is 14.8. The van der Waals surface area contributed by atoms with E-state index in [0.29, 0.717) is 32.8 Å². The quantitative estimate of drug-likeness (QED) is 0.0156. The first-order valence-corrected chi connectivity index (χ1v) is 28.2. The highest BCUT2D eigenvalue weighted by Gasteiger charge is 2.57. The molecule has 0 bridgehead atoms. The SMILES string of the molecule is COc1ccc(C(OC[C@H]2O[C@@H](n3ccc(=O)[nH]c3=O)[C@H](OC(C)OCCC#N)[C@@H]2OP(=O)(OCCC#N)OC[C@H]2O[C@@H](n3ccc(=O)[nH]c3=O)[C@H](OC(=O)C(Cl)(Cl)Cl)[C@@H]2OC(=O)C(Cl)(Cl)Cl)(c2ccccc2)c2ccc(OC)cc2)cc1. The molecule has 2 fully saturated rings. The third-order valence-electron chi connectivity index (χ3n) is 12.4. The minimum atomic E-state index is -5.37. The highest BCUT2D eigenvalue weighted by Crippen LogP contribution is 2.55. The number of nitriles is 2. The van der Waals surface area contributed by atoms with Gasteiger partial charge in [-0.15, -0.1) is 0 Å². The van der Waals surface area contributed by atoms with Crippen LogP contribution in [0, 0.1) is 22.7 Å². The number of benzene rings is 3. The van der Waals surface area contributed by atoms with Crippen LogP contribution < -0.4 is 32.0 Å². The molecule has 2 unspecified atom stereocenters. The Morgan fingerprint density at radius 2 is 1.11 bits per heavy atom. The molecule has 83 heavy (non-hydrogen) atoms. The molecule has 2 aliphatic rings. The Kier molecular flexibility index (Phi) is 22.1. The molecule has 0 saturated carbocycles. The molecule has 0 amide bonds. The fourth-order valence-corrected chi connectivity index (χ4v) is 10.4. The fourth-order valence-electron chi connectivity index (χ4n) is 8.74. The standard InChI is InChI=1S/C51H49Cl6N6O19P/c1-29(73-25-7-21-58)77-42-40(82-83(70,75-26-8-22-59)76-28-36-39(80-45(66)50(52,53)54)41(81-46(67)51(55,56)57)43(79-36)62-23-19-37(64)60-47(62)68)35(78-44(42)63-24-20-38(65)61-48(63)69)27-74-49(30-9-5-4-6-10-30,31-11-15-33(71-2)16-12-31)32-13-17-34(72-3)18-14-32/h4-6,9-20,23-24,29,35-36,39-44H,7-8,25-28H2,1-3H3,(H,60,64,68)(H,61,65,69)/t29?,35-,36-,39-,40-,41-,42-,43-,44-,83?/m1/s1. The Bertz CT molecular complexity index is 3380. The van der Waals surface area contributed by atoms with Crippen LogP contribution in [0.25, 0.3) is 0 Å². The molecule has 32 heteroatoms. The van der Waals surface area contributed by atoms with E-state index in [1.807, 2.05) is 29.3 Å². The molecular formula is C51H49Cl6N6O19P. The zero-order valence-corrected chi connectivity index (χ0v) is 48.9. The summed E-state index contributed by atoms with van der Waals surface area (Å²) in [5.41, 5.74) is -3.77. The van der Waals surface area contributed by atoms with Crippen molar-refractivity contribution in [2.24, 2.45) is 0 Å². The lowest BCUT2D eigenvalue weighted by Crippen LogP contribution is -2.45. The van der Waals surface area contributed by atoms with Crippen molar-refractivity contribution < 1.29 is 70.4 Å². The number of H-pyrrole nitrogens is 2. The number of rotatable bonds is 25. The molecule has 0 radical (unpaired) electrons. The number of methoxy groups -OCH3 is 2. The summed E-state index contributed by atoms with van der Waals surface area (Å²) in [6.07, 6.45) is -14.3. The van der Waals surface area contributed by atoms with E-state index in [4.69, 9.17) is 126 Å². The predicted octanol–water partition coefficient (Wildman–Crippen LogP) is 6.57. The van der Waals surface area contributed by atoms with E-state index < -0.39 is 137 Å². The first-order valence-electron chi connectivity index (χ1n) is 24.5. The number of nitrogens with one attached hydrogen (secondary N) is 2. The Morgan fingerprint density at radius 1 is 0.639 bits per heavy atom. The molecule has 10 atom stereocenters. The van der Waals surface area contributed by atoms with E-state index in [1.54, 1.807) is 66.7 Å². The number of aromatic amines is 2. The molecule has 7 rings (SSSR count). The van der Waals surface area contributed by atoms with Gasteiger partial charge in [-0.05, 0) is 47.9 Å².